The molecule has 19 heavy (non-hydrogen) atoms. The van der Waals surface area contributed by atoms with E-state index in [1.807, 2.05) is 0 Å². The van der Waals surface area contributed by atoms with E-state index in [1.54, 1.807) is 0 Å². The van der Waals surface area contributed by atoms with Crippen LogP contribution >= 0.6 is 11.3 Å². The quantitative estimate of drug-likeness (QED) is 0.836. The van der Waals surface area contributed by atoms with Crippen molar-refractivity contribution in [3.63, 3.8) is 0 Å². The Balaban J connectivity index is 2.55. The summed E-state index contributed by atoms with van der Waals surface area (Å²) in [5.74, 6) is -1.15. The molecule has 0 saturated heterocycles. The number of aromatic nitrogens is 1. The fraction of sp³-hybridized carbons (Fsp3) is 0.182. The van der Waals surface area contributed by atoms with Gasteiger partial charge < -0.3 is 10.8 Å². The van der Waals surface area contributed by atoms with Crippen LogP contribution in [0.5, 0.6) is 5.75 Å². The second-order valence-corrected chi connectivity index (χ2v) is 4.74. The van der Waals surface area contributed by atoms with E-state index in [2.05, 4.69) is 4.98 Å². The van der Waals surface area contributed by atoms with Crippen LogP contribution < -0.4 is 5.73 Å². The van der Waals surface area contributed by atoms with E-state index in [0.29, 0.717) is 11.3 Å². The van der Waals surface area contributed by atoms with Gasteiger partial charge in [0, 0.05) is 18.2 Å². The Bertz CT molecular complexity index is 609. The van der Waals surface area contributed by atoms with Gasteiger partial charge in [0.2, 0.25) is 0 Å². The summed E-state index contributed by atoms with van der Waals surface area (Å²) in [6.07, 6.45) is -4.63. The molecule has 2 aromatic rings. The number of hydrogen-bond donors (Lipinski definition) is 2. The van der Waals surface area contributed by atoms with E-state index in [-0.39, 0.29) is 27.7 Å². The van der Waals surface area contributed by atoms with E-state index in [1.165, 1.54) is 12.1 Å². The van der Waals surface area contributed by atoms with Crippen molar-refractivity contribution in [2.24, 2.45) is 5.73 Å². The lowest BCUT2D eigenvalue weighted by Crippen LogP contribution is -2.10. The van der Waals surface area contributed by atoms with Crippen molar-refractivity contribution < 1.29 is 22.7 Å². The van der Waals surface area contributed by atoms with Gasteiger partial charge in [-0.3, -0.25) is 0 Å². The van der Waals surface area contributed by atoms with Gasteiger partial charge in [-0.05, 0) is 12.1 Å². The van der Waals surface area contributed by atoms with E-state index in [4.69, 9.17) is 10.8 Å². The molecule has 0 radical (unpaired) electrons. The van der Waals surface area contributed by atoms with Crippen molar-refractivity contribution in [2.45, 2.75) is 12.7 Å². The molecule has 0 unspecified atom stereocenters. The summed E-state index contributed by atoms with van der Waals surface area (Å²) in [4.78, 5) is 3.25. The fourth-order valence-corrected chi connectivity index (χ4v) is 2.49. The second-order valence-electron chi connectivity index (χ2n) is 3.66. The Morgan fingerprint density at radius 3 is 2.47 bits per heavy atom. The standard InChI is InChI=1S/C11H8F4N2OS/c12-7-3-5(18)1-2-6(7)10-17-9(11(13,14)15)8(4-16)19-10/h1-3,18H,4,16H2. The molecule has 0 aliphatic heterocycles. The largest absolute Gasteiger partial charge is 0.508 e. The molecule has 3 N–H and O–H groups in total. The number of benzene rings is 1. The topological polar surface area (TPSA) is 59.1 Å². The summed E-state index contributed by atoms with van der Waals surface area (Å²) in [6, 6.07) is 3.16. The van der Waals surface area contributed by atoms with Gasteiger partial charge in [0.1, 0.15) is 16.6 Å². The minimum absolute atomic E-state index is 0.104. The predicted octanol–water partition coefficient (Wildman–Crippen LogP) is 3.13. The van der Waals surface area contributed by atoms with Gasteiger partial charge in [-0.1, -0.05) is 0 Å². The lowest BCUT2D eigenvalue weighted by atomic mass is 10.2. The van der Waals surface area contributed by atoms with E-state index < -0.39 is 17.7 Å². The van der Waals surface area contributed by atoms with Crippen LogP contribution in [0.3, 0.4) is 0 Å². The molecule has 0 bridgehead atoms. The minimum Gasteiger partial charge on any atom is -0.508 e. The number of phenols is 1. The number of nitrogens with zero attached hydrogens (tertiary/aromatic N) is 1. The normalized spacial score (nSPS) is 11.8. The molecule has 1 aromatic carbocycles. The highest BCUT2D eigenvalue weighted by Crippen LogP contribution is 2.38. The lowest BCUT2D eigenvalue weighted by molar-refractivity contribution is -0.141. The molecule has 0 amide bonds. The molecule has 0 spiro atoms. The van der Waals surface area contributed by atoms with Gasteiger partial charge in [-0.15, -0.1) is 11.3 Å². The third-order valence-electron chi connectivity index (χ3n) is 2.33. The number of alkyl halides is 3. The molecule has 1 heterocycles. The van der Waals surface area contributed by atoms with Crippen molar-refractivity contribution in [2.75, 3.05) is 0 Å². The van der Waals surface area contributed by atoms with Gasteiger partial charge in [-0.25, -0.2) is 9.37 Å². The van der Waals surface area contributed by atoms with Crippen LogP contribution in [-0.4, -0.2) is 10.1 Å². The summed E-state index contributed by atoms with van der Waals surface area (Å²) in [5.41, 5.74) is 4.04. The van der Waals surface area contributed by atoms with Crippen molar-refractivity contribution in [1.82, 2.24) is 4.98 Å². The van der Waals surface area contributed by atoms with Crippen LogP contribution in [0.1, 0.15) is 10.6 Å². The Kier molecular flexibility index (Phi) is 3.46. The number of hydrogen-bond acceptors (Lipinski definition) is 4. The summed E-state index contributed by atoms with van der Waals surface area (Å²) in [7, 11) is 0. The van der Waals surface area contributed by atoms with Gasteiger partial charge in [-0.2, -0.15) is 13.2 Å². The SMILES string of the molecule is NCc1sc(-c2ccc(O)cc2F)nc1C(F)(F)F. The molecular weight excluding hydrogens is 284 g/mol. The minimum atomic E-state index is -4.63. The highest BCUT2D eigenvalue weighted by atomic mass is 32.1. The van der Waals surface area contributed by atoms with Crippen molar-refractivity contribution in [1.29, 1.82) is 0 Å². The Morgan fingerprint density at radius 2 is 2.00 bits per heavy atom. The van der Waals surface area contributed by atoms with Crippen LogP contribution in [0, 0.1) is 5.82 Å². The van der Waals surface area contributed by atoms with Crippen LogP contribution in [0.25, 0.3) is 10.6 Å². The molecule has 102 valence electrons. The van der Waals surface area contributed by atoms with E-state index in [0.717, 1.165) is 6.07 Å². The molecule has 0 fully saturated rings. The van der Waals surface area contributed by atoms with Gasteiger partial charge in [0.25, 0.3) is 0 Å². The van der Waals surface area contributed by atoms with Crippen LogP contribution in [0.4, 0.5) is 17.6 Å². The molecule has 0 aliphatic rings. The lowest BCUT2D eigenvalue weighted by Gasteiger charge is -2.03. The average molecular weight is 292 g/mol. The van der Waals surface area contributed by atoms with Crippen molar-refractivity contribution in [3.05, 3.63) is 34.6 Å². The number of halogens is 4. The molecule has 0 saturated carbocycles. The number of nitrogens with two attached hydrogens (primary N) is 1. The van der Waals surface area contributed by atoms with E-state index in [9.17, 15) is 17.6 Å². The second kappa shape index (κ2) is 4.78. The number of aromatic hydroxyl groups is 1. The maximum atomic E-state index is 13.6. The van der Waals surface area contributed by atoms with Gasteiger partial charge in [0.15, 0.2) is 5.69 Å². The zero-order valence-electron chi connectivity index (χ0n) is 9.33. The first-order valence-electron chi connectivity index (χ1n) is 5.08. The Labute approximate surface area is 109 Å². The van der Waals surface area contributed by atoms with Gasteiger partial charge in [0.05, 0.1) is 4.88 Å². The highest BCUT2D eigenvalue weighted by Gasteiger charge is 2.37. The summed E-state index contributed by atoms with van der Waals surface area (Å²) >= 11 is 0.682. The maximum absolute atomic E-state index is 13.6. The molecule has 3 nitrogen and oxygen atoms in total. The zero-order chi connectivity index (χ0) is 14.2. The molecular formula is C11H8F4N2OS. The van der Waals surface area contributed by atoms with Crippen molar-refractivity contribution >= 4 is 11.3 Å². The first kappa shape index (κ1) is 13.8. The number of phenolic OH excluding ortho intramolecular Hbond substituents is 1. The Morgan fingerprint density at radius 1 is 1.32 bits per heavy atom. The molecule has 1 aromatic heterocycles. The molecule has 0 aliphatic carbocycles. The average Bonchev–Trinajstić information content (AvgIpc) is 2.72. The highest BCUT2D eigenvalue weighted by molar-refractivity contribution is 7.15. The molecule has 8 heteroatoms. The summed E-state index contributed by atoms with van der Waals surface area (Å²) < 4.78 is 51.6. The van der Waals surface area contributed by atoms with Gasteiger partial charge >= 0.3 is 6.18 Å². The molecule has 0 atom stereocenters. The van der Waals surface area contributed by atoms with Crippen LogP contribution in [-0.2, 0) is 12.7 Å². The summed E-state index contributed by atoms with van der Waals surface area (Å²) in [6.45, 7) is -0.327. The first-order chi connectivity index (χ1) is 8.82. The van der Waals surface area contributed by atoms with Crippen LogP contribution in [0.15, 0.2) is 18.2 Å². The molecule has 2 rings (SSSR count). The third kappa shape index (κ3) is 2.69. The zero-order valence-corrected chi connectivity index (χ0v) is 10.1. The Hall–Kier alpha value is -1.67. The first-order valence-corrected chi connectivity index (χ1v) is 5.90. The number of rotatable bonds is 2. The van der Waals surface area contributed by atoms with Crippen LogP contribution in [0.2, 0.25) is 0 Å². The van der Waals surface area contributed by atoms with E-state index >= 15 is 0 Å². The third-order valence-corrected chi connectivity index (χ3v) is 3.45. The number of thiazole rings is 1. The predicted molar refractivity (Wildman–Crippen MR) is 62.1 cm³/mol. The maximum Gasteiger partial charge on any atom is 0.434 e. The monoisotopic (exact) mass is 292 g/mol. The van der Waals surface area contributed by atoms with Crippen molar-refractivity contribution in [3.8, 4) is 16.3 Å². The fourth-order valence-electron chi connectivity index (χ4n) is 1.50. The smallest absolute Gasteiger partial charge is 0.434 e. The summed E-state index contributed by atoms with van der Waals surface area (Å²) in [5, 5.41) is 8.94.